The molecule has 6 nitrogen and oxygen atoms in total. The van der Waals surface area contributed by atoms with Crippen LogP contribution in [0.1, 0.15) is 47.3 Å². The molecule has 0 spiro atoms. The monoisotopic (exact) mass is 483 g/mol. The molecule has 0 aliphatic heterocycles. The lowest BCUT2D eigenvalue weighted by Crippen LogP contribution is -2.32. The van der Waals surface area contributed by atoms with Crippen LogP contribution >= 0.6 is 12.4 Å². The molecular formula is C26H37ClN2O4. The SMILES string of the molecule is Cl.[2H]C([2H])([2H])C([2H])(C([2H])([2H])[2H])C(C#N)(CCCNCCc1ccc(OC)c(OC)c1)c1ccc(OC)c(OC)c1. The van der Waals surface area contributed by atoms with Gasteiger partial charge in [0, 0.05) is 9.60 Å². The second-order valence-corrected chi connectivity index (χ2v) is 7.25. The number of halogens is 1. The van der Waals surface area contributed by atoms with Crippen molar-refractivity contribution in [1.82, 2.24) is 5.32 Å². The zero-order valence-corrected chi connectivity index (χ0v) is 20.3. The molecule has 0 aliphatic rings. The Morgan fingerprint density at radius 1 is 0.939 bits per heavy atom. The summed E-state index contributed by atoms with van der Waals surface area (Å²) >= 11 is 0. The molecule has 0 fully saturated rings. The van der Waals surface area contributed by atoms with E-state index in [1.54, 1.807) is 14.2 Å². The predicted molar refractivity (Wildman–Crippen MR) is 134 cm³/mol. The lowest BCUT2D eigenvalue weighted by atomic mass is 9.70. The van der Waals surface area contributed by atoms with Crippen molar-refractivity contribution >= 4 is 12.4 Å². The maximum atomic E-state index is 10.4. The molecule has 182 valence electrons. The molecular weight excluding hydrogens is 440 g/mol. The third kappa shape index (κ3) is 6.93. The van der Waals surface area contributed by atoms with E-state index >= 15 is 0 Å². The van der Waals surface area contributed by atoms with Gasteiger partial charge in [0.25, 0.3) is 0 Å². The highest BCUT2D eigenvalue weighted by Crippen LogP contribution is 2.40. The maximum Gasteiger partial charge on any atom is 0.161 e. The van der Waals surface area contributed by atoms with Gasteiger partial charge in [-0.3, -0.25) is 0 Å². The van der Waals surface area contributed by atoms with Crippen molar-refractivity contribution in [2.24, 2.45) is 5.89 Å². The molecule has 0 radical (unpaired) electrons. The summed E-state index contributed by atoms with van der Waals surface area (Å²) in [6.07, 6.45) is 0.704. The van der Waals surface area contributed by atoms with Crippen molar-refractivity contribution in [1.29, 1.82) is 5.26 Å². The number of nitrogens with one attached hydrogen (secondary N) is 1. The van der Waals surface area contributed by atoms with Crippen molar-refractivity contribution in [3.05, 3.63) is 47.5 Å². The molecule has 2 rings (SSSR count). The van der Waals surface area contributed by atoms with Crippen LogP contribution < -0.4 is 24.3 Å². The van der Waals surface area contributed by atoms with Gasteiger partial charge in [0.15, 0.2) is 23.0 Å². The number of nitriles is 1. The van der Waals surface area contributed by atoms with E-state index in [1.807, 2.05) is 24.3 Å². The van der Waals surface area contributed by atoms with Crippen molar-refractivity contribution in [3.8, 4) is 29.1 Å². The molecule has 0 amide bonds. The van der Waals surface area contributed by atoms with Gasteiger partial charge in [-0.05, 0) is 73.6 Å². The van der Waals surface area contributed by atoms with Crippen LogP contribution in [0.15, 0.2) is 36.4 Å². The molecule has 0 aromatic heterocycles. The predicted octanol–water partition coefficient (Wildman–Crippen LogP) is 5.17. The van der Waals surface area contributed by atoms with E-state index in [0.717, 1.165) is 5.56 Å². The van der Waals surface area contributed by atoms with Gasteiger partial charge in [-0.2, -0.15) is 5.26 Å². The Labute approximate surface area is 214 Å². The average molecular weight is 484 g/mol. The van der Waals surface area contributed by atoms with Gasteiger partial charge in [0.2, 0.25) is 0 Å². The molecule has 2 aromatic rings. The summed E-state index contributed by atoms with van der Waals surface area (Å²) in [5.74, 6) is -1.37. The molecule has 0 aliphatic carbocycles. The van der Waals surface area contributed by atoms with E-state index < -0.39 is 25.0 Å². The highest BCUT2D eigenvalue weighted by Gasteiger charge is 2.36. The number of ether oxygens (including phenoxy) is 4. The van der Waals surface area contributed by atoms with Gasteiger partial charge in [-0.15, -0.1) is 12.4 Å². The van der Waals surface area contributed by atoms with Crippen molar-refractivity contribution in [2.75, 3.05) is 41.5 Å². The summed E-state index contributed by atoms with van der Waals surface area (Å²) in [7, 11) is 5.92. The molecule has 0 saturated heterocycles. The zero-order chi connectivity index (χ0) is 29.5. The molecule has 2 aromatic carbocycles. The Morgan fingerprint density at radius 3 is 2.12 bits per heavy atom. The second-order valence-electron chi connectivity index (χ2n) is 7.25. The van der Waals surface area contributed by atoms with E-state index in [2.05, 4.69) is 5.32 Å². The third-order valence-electron chi connectivity index (χ3n) is 5.44. The first-order valence-corrected chi connectivity index (χ1v) is 10.3. The smallest absolute Gasteiger partial charge is 0.161 e. The lowest BCUT2D eigenvalue weighted by Gasteiger charge is -2.32. The molecule has 33 heavy (non-hydrogen) atoms. The first kappa shape index (κ1) is 18.8. The minimum absolute atomic E-state index is 0. The van der Waals surface area contributed by atoms with Crippen LogP contribution in [0.25, 0.3) is 0 Å². The fourth-order valence-corrected chi connectivity index (χ4v) is 3.56. The number of hydrogen-bond acceptors (Lipinski definition) is 6. The Bertz CT molecular complexity index is 1140. The topological polar surface area (TPSA) is 72.7 Å². The minimum Gasteiger partial charge on any atom is -0.493 e. The van der Waals surface area contributed by atoms with Crippen LogP contribution in [0.5, 0.6) is 23.0 Å². The highest BCUT2D eigenvalue weighted by molar-refractivity contribution is 5.85. The van der Waals surface area contributed by atoms with Crippen LogP contribution in [0.4, 0.5) is 0 Å². The van der Waals surface area contributed by atoms with Gasteiger partial charge in [0.05, 0.1) is 39.9 Å². The first-order valence-electron chi connectivity index (χ1n) is 13.8. The van der Waals surface area contributed by atoms with Crippen LogP contribution in [0.3, 0.4) is 0 Å². The number of rotatable bonds is 13. The van der Waals surface area contributed by atoms with Crippen molar-refractivity contribution < 1.29 is 28.5 Å². The molecule has 1 atom stereocenters. The molecule has 1 unspecified atom stereocenters. The summed E-state index contributed by atoms with van der Waals surface area (Å²) in [5.41, 5.74) is -1.14. The average Bonchev–Trinajstić information content (AvgIpc) is 2.90. The quantitative estimate of drug-likeness (QED) is 0.396. The van der Waals surface area contributed by atoms with Gasteiger partial charge in [-0.25, -0.2) is 0 Å². The fraction of sp³-hybridized carbons (Fsp3) is 0.500. The van der Waals surface area contributed by atoms with Gasteiger partial charge in [-0.1, -0.05) is 25.8 Å². The Hall–Kier alpha value is -2.62. The Balaban J connectivity index is 0.00000800. The summed E-state index contributed by atoms with van der Waals surface area (Å²) in [5, 5.41) is 13.7. The minimum atomic E-state index is -3.30. The van der Waals surface area contributed by atoms with Gasteiger partial charge in [0.1, 0.15) is 0 Å². The van der Waals surface area contributed by atoms with Crippen LogP contribution in [0, 0.1) is 17.2 Å². The zero-order valence-electron chi connectivity index (χ0n) is 26.5. The molecule has 0 bridgehead atoms. The number of hydrogen-bond donors (Lipinski definition) is 1. The highest BCUT2D eigenvalue weighted by atomic mass is 35.5. The van der Waals surface area contributed by atoms with E-state index in [0.29, 0.717) is 36.8 Å². The fourth-order valence-electron chi connectivity index (χ4n) is 3.56. The summed E-state index contributed by atoms with van der Waals surface area (Å²) in [4.78, 5) is 0. The van der Waals surface area contributed by atoms with Gasteiger partial charge >= 0.3 is 0 Å². The van der Waals surface area contributed by atoms with Crippen molar-refractivity contribution in [2.45, 2.75) is 38.4 Å². The van der Waals surface area contributed by atoms with E-state index in [-0.39, 0.29) is 36.6 Å². The van der Waals surface area contributed by atoms with E-state index in [1.165, 1.54) is 32.4 Å². The molecule has 1 N–H and O–H groups in total. The number of methoxy groups -OCH3 is 4. The maximum absolute atomic E-state index is 10.4. The van der Waals surface area contributed by atoms with Crippen LogP contribution in [0.2, 0.25) is 0 Å². The number of nitrogens with zero attached hydrogens (tertiary/aromatic N) is 1. The van der Waals surface area contributed by atoms with Crippen LogP contribution in [-0.2, 0) is 11.8 Å². The van der Waals surface area contributed by atoms with Crippen LogP contribution in [-0.4, -0.2) is 41.5 Å². The summed E-state index contributed by atoms with van der Waals surface area (Å²) < 4.78 is 78.5. The first-order chi connectivity index (χ1) is 18.3. The van der Waals surface area contributed by atoms with E-state index in [4.69, 9.17) is 28.5 Å². The Morgan fingerprint density at radius 2 is 1.55 bits per heavy atom. The Kier molecular flexibility index (Phi) is 7.86. The van der Waals surface area contributed by atoms with Crippen molar-refractivity contribution in [3.63, 3.8) is 0 Å². The molecule has 0 heterocycles. The standard InChI is InChI=1S/C26H36N2O4.ClH/c1-19(2)26(18-27,21-9-11-23(30-4)25(17-21)32-6)13-7-14-28-15-12-20-8-10-22(29-3)24(16-20)31-5;/h8-11,16-17,19,28H,7,12-15H2,1-6H3;1H/i1D3,2D3,19D;. The molecule has 7 heteroatoms. The largest absolute Gasteiger partial charge is 0.493 e. The molecule has 0 saturated carbocycles. The third-order valence-corrected chi connectivity index (χ3v) is 5.44. The summed E-state index contributed by atoms with van der Waals surface area (Å²) in [6, 6.07) is 11.8. The normalized spacial score (nSPS) is 16.5. The summed E-state index contributed by atoms with van der Waals surface area (Å²) in [6.45, 7) is -5.68. The lowest BCUT2D eigenvalue weighted by molar-refractivity contribution is 0.341. The number of benzene rings is 2. The van der Waals surface area contributed by atoms with Gasteiger partial charge < -0.3 is 24.3 Å². The van der Waals surface area contributed by atoms with E-state index in [9.17, 15) is 5.26 Å². The second kappa shape index (κ2) is 13.8.